The number of nitrogens with one attached hydrogen (secondary N) is 1. The molecule has 6 heteroatoms. The van der Waals surface area contributed by atoms with Crippen molar-refractivity contribution in [3.05, 3.63) is 11.8 Å². The van der Waals surface area contributed by atoms with Crippen molar-refractivity contribution in [1.82, 2.24) is 5.16 Å². The molecule has 1 rings (SSSR count). The van der Waals surface area contributed by atoms with Gasteiger partial charge in [-0.2, -0.15) is 0 Å². The molecule has 0 radical (unpaired) electrons. The number of amides is 1. The minimum Gasteiger partial charge on any atom is -0.384 e. The Labute approximate surface area is 143 Å². The number of aromatic nitrogens is 1. The number of nitrogens with zero attached hydrogens (tertiary/aromatic N) is 1. The van der Waals surface area contributed by atoms with Crippen LogP contribution >= 0.6 is 11.8 Å². The molecule has 1 aromatic heterocycles. The highest BCUT2D eigenvalue weighted by Crippen LogP contribution is 2.29. The van der Waals surface area contributed by atoms with Gasteiger partial charge in [0.2, 0.25) is 11.8 Å². The van der Waals surface area contributed by atoms with Gasteiger partial charge in [-0.15, -0.1) is 11.8 Å². The summed E-state index contributed by atoms with van der Waals surface area (Å²) < 4.78 is 9.95. The molecule has 0 aliphatic rings. The first-order valence-electron chi connectivity index (χ1n) is 8.00. The Balaban J connectivity index is 2.65. The Morgan fingerprint density at radius 2 is 2.04 bits per heavy atom. The molecule has 0 aliphatic heterocycles. The molecule has 23 heavy (non-hydrogen) atoms. The Hall–Kier alpha value is -1.01. The van der Waals surface area contributed by atoms with Crippen LogP contribution in [0.15, 0.2) is 10.6 Å². The molecule has 0 unspecified atom stereocenters. The van der Waals surface area contributed by atoms with Crippen LogP contribution in [0, 0.1) is 5.92 Å². The maximum atomic E-state index is 12.5. The van der Waals surface area contributed by atoms with Gasteiger partial charge in [-0.05, 0) is 31.9 Å². The van der Waals surface area contributed by atoms with E-state index in [4.69, 9.17) is 9.26 Å². The van der Waals surface area contributed by atoms with Crippen LogP contribution in [0.25, 0.3) is 0 Å². The zero-order valence-electron chi connectivity index (χ0n) is 15.4. The van der Waals surface area contributed by atoms with Gasteiger partial charge in [-0.3, -0.25) is 10.1 Å². The lowest BCUT2D eigenvalue weighted by atomic mass is 9.90. The summed E-state index contributed by atoms with van der Waals surface area (Å²) in [6.45, 7) is 12.8. The minimum absolute atomic E-state index is 0.0708. The molecule has 0 saturated carbocycles. The quantitative estimate of drug-likeness (QED) is 0.732. The molecule has 0 saturated heterocycles. The first kappa shape index (κ1) is 20.0. The molecule has 0 spiro atoms. The van der Waals surface area contributed by atoms with Crippen molar-refractivity contribution in [2.45, 2.75) is 58.1 Å². The van der Waals surface area contributed by atoms with E-state index < -0.39 is 4.75 Å². The highest BCUT2D eigenvalue weighted by molar-refractivity contribution is 8.01. The molecular formula is C17H30N2O3S. The van der Waals surface area contributed by atoms with Crippen molar-refractivity contribution >= 4 is 23.6 Å². The van der Waals surface area contributed by atoms with Gasteiger partial charge in [0.15, 0.2) is 0 Å². The Kier molecular flexibility index (Phi) is 7.14. The fourth-order valence-electron chi connectivity index (χ4n) is 1.97. The zero-order valence-corrected chi connectivity index (χ0v) is 16.2. The monoisotopic (exact) mass is 342 g/mol. The molecule has 0 atom stereocenters. The van der Waals surface area contributed by atoms with Crippen LogP contribution < -0.4 is 5.32 Å². The molecule has 0 aliphatic carbocycles. The smallest absolute Gasteiger partial charge is 0.242 e. The van der Waals surface area contributed by atoms with Crippen LogP contribution in [0.5, 0.6) is 0 Å². The van der Waals surface area contributed by atoms with E-state index in [0.29, 0.717) is 18.4 Å². The van der Waals surface area contributed by atoms with E-state index in [9.17, 15) is 4.79 Å². The van der Waals surface area contributed by atoms with E-state index in [1.807, 2.05) is 27.7 Å². The average molecular weight is 343 g/mol. The number of carbonyl (C=O) groups excluding carboxylic acids is 1. The largest absolute Gasteiger partial charge is 0.384 e. The number of carbonyl (C=O) groups is 1. The highest BCUT2D eigenvalue weighted by Gasteiger charge is 2.30. The standard InChI is InChI=1S/C17H30N2O3S/c1-12(2)8-9-23-17(5,6)15(20)18-14-10-13(19-22-14)16(3,4)11-21-7/h10,12H,8-9,11H2,1-7H3,(H,18,20). The number of anilines is 1. The number of methoxy groups -OCH3 is 1. The van der Waals surface area contributed by atoms with Crippen LogP contribution in [-0.2, 0) is 14.9 Å². The summed E-state index contributed by atoms with van der Waals surface area (Å²) in [5.41, 5.74) is 0.503. The van der Waals surface area contributed by atoms with Crippen molar-refractivity contribution in [3.63, 3.8) is 0 Å². The summed E-state index contributed by atoms with van der Waals surface area (Å²) in [7, 11) is 1.65. The van der Waals surface area contributed by atoms with E-state index in [1.165, 1.54) is 0 Å². The molecule has 0 aromatic carbocycles. The maximum absolute atomic E-state index is 12.5. The lowest BCUT2D eigenvalue weighted by molar-refractivity contribution is -0.117. The van der Waals surface area contributed by atoms with Crippen molar-refractivity contribution < 1.29 is 14.1 Å². The van der Waals surface area contributed by atoms with Crippen molar-refractivity contribution in [2.75, 3.05) is 24.8 Å². The van der Waals surface area contributed by atoms with Gasteiger partial charge >= 0.3 is 0 Å². The summed E-state index contributed by atoms with van der Waals surface area (Å²) in [5, 5.41) is 6.88. The third-order valence-electron chi connectivity index (χ3n) is 3.65. The van der Waals surface area contributed by atoms with Crippen LogP contribution in [0.1, 0.15) is 53.7 Å². The highest BCUT2D eigenvalue weighted by atomic mass is 32.2. The summed E-state index contributed by atoms with van der Waals surface area (Å²) in [4.78, 5) is 12.5. The molecule has 1 amide bonds. The maximum Gasteiger partial charge on any atom is 0.242 e. The number of ether oxygens (including phenoxy) is 1. The summed E-state index contributed by atoms with van der Waals surface area (Å²) in [6.07, 6.45) is 1.10. The zero-order chi connectivity index (χ0) is 17.7. The first-order chi connectivity index (χ1) is 10.6. The average Bonchev–Trinajstić information content (AvgIpc) is 2.87. The topological polar surface area (TPSA) is 64.4 Å². The first-order valence-corrected chi connectivity index (χ1v) is 8.98. The van der Waals surface area contributed by atoms with Gasteiger partial charge in [-0.25, -0.2) is 0 Å². The molecule has 5 nitrogen and oxygen atoms in total. The Morgan fingerprint density at radius 3 is 2.61 bits per heavy atom. The van der Waals surface area contributed by atoms with Crippen molar-refractivity contribution in [2.24, 2.45) is 5.92 Å². The lowest BCUT2D eigenvalue weighted by Crippen LogP contribution is -2.34. The lowest BCUT2D eigenvalue weighted by Gasteiger charge is -2.22. The Bertz CT molecular complexity index is 510. The normalized spacial score (nSPS) is 12.7. The molecule has 1 aromatic rings. The molecule has 1 N–H and O–H groups in total. The SMILES string of the molecule is COCC(C)(C)c1cc(NC(=O)C(C)(C)SCCC(C)C)on1. The van der Waals surface area contributed by atoms with Gasteiger partial charge < -0.3 is 9.26 Å². The van der Waals surface area contributed by atoms with Crippen LogP contribution in [0.3, 0.4) is 0 Å². The summed E-state index contributed by atoms with van der Waals surface area (Å²) in [6, 6.07) is 1.77. The predicted molar refractivity (Wildman–Crippen MR) is 96.0 cm³/mol. The fraction of sp³-hybridized carbons (Fsp3) is 0.765. The Morgan fingerprint density at radius 1 is 1.39 bits per heavy atom. The van der Waals surface area contributed by atoms with Crippen molar-refractivity contribution in [1.29, 1.82) is 0 Å². The van der Waals surface area contributed by atoms with Crippen LogP contribution in [0.2, 0.25) is 0 Å². The minimum atomic E-state index is -0.510. The van der Waals surface area contributed by atoms with Gasteiger partial charge in [0, 0.05) is 18.6 Å². The second-order valence-electron chi connectivity index (χ2n) is 7.39. The van der Waals surface area contributed by atoms with Gasteiger partial charge in [-0.1, -0.05) is 32.9 Å². The van der Waals surface area contributed by atoms with Gasteiger partial charge in [0.05, 0.1) is 17.0 Å². The van der Waals surface area contributed by atoms with Crippen LogP contribution in [0.4, 0.5) is 5.88 Å². The van der Waals surface area contributed by atoms with E-state index in [1.54, 1.807) is 24.9 Å². The van der Waals surface area contributed by atoms with E-state index in [0.717, 1.165) is 17.9 Å². The van der Waals surface area contributed by atoms with Crippen molar-refractivity contribution in [3.8, 4) is 0 Å². The van der Waals surface area contributed by atoms with Gasteiger partial charge in [0.25, 0.3) is 0 Å². The van der Waals surface area contributed by atoms with E-state index in [-0.39, 0.29) is 11.3 Å². The van der Waals surface area contributed by atoms with Gasteiger partial charge in [0.1, 0.15) is 0 Å². The number of thioether (sulfide) groups is 1. The molecule has 0 bridgehead atoms. The van der Waals surface area contributed by atoms with E-state index >= 15 is 0 Å². The molecule has 0 fully saturated rings. The summed E-state index contributed by atoms with van der Waals surface area (Å²) >= 11 is 1.66. The second kappa shape index (κ2) is 8.20. The summed E-state index contributed by atoms with van der Waals surface area (Å²) in [5.74, 6) is 1.91. The number of rotatable bonds is 9. The fourth-order valence-corrected chi connectivity index (χ4v) is 3.25. The third-order valence-corrected chi connectivity index (χ3v) is 5.00. The number of hydrogen-bond acceptors (Lipinski definition) is 5. The predicted octanol–water partition coefficient (Wildman–Crippen LogP) is 4.10. The third kappa shape index (κ3) is 6.18. The molecular weight excluding hydrogens is 312 g/mol. The van der Waals surface area contributed by atoms with Crippen LogP contribution in [-0.4, -0.2) is 35.3 Å². The van der Waals surface area contributed by atoms with E-state index in [2.05, 4.69) is 24.3 Å². The molecule has 1 heterocycles. The number of hydrogen-bond donors (Lipinski definition) is 1. The second-order valence-corrected chi connectivity index (χ2v) is 9.11. The molecule has 132 valence electrons.